The number of benzene rings is 1. The summed E-state index contributed by atoms with van der Waals surface area (Å²) in [6.07, 6.45) is -0.0509. The van der Waals surface area contributed by atoms with Crippen molar-refractivity contribution in [1.29, 1.82) is 0 Å². The fraction of sp³-hybridized carbons (Fsp3) is 0.500. The maximum Gasteiger partial charge on any atom is 0.230 e. The van der Waals surface area contributed by atoms with Crippen molar-refractivity contribution in [2.24, 2.45) is 0 Å². The Morgan fingerprint density at radius 2 is 1.82 bits per heavy atom. The molecule has 0 saturated carbocycles. The molecule has 2 rings (SSSR count). The number of piperazine rings is 1. The predicted octanol–water partition coefficient (Wildman–Crippen LogP) is -2.79. The van der Waals surface area contributed by atoms with E-state index in [2.05, 4.69) is 10.6 Å². The van der Waals surface area contributed by atoms with Crippen LogP contribution in [0.4, 0.5) is 5.69 Å². The molecule has 0 radical (unpaired) electrons. The standard InChI is InChI=1S/C16H23N3O3/c1-11-7-12(2)9-13(8-11)18-15(20)10-14(16(21)22)19-5-3-17-4-6-19/h7-9,14,17H,3-6,10H2,1-2H3,(H,18,20)(H,21,22)/p+1/t14-/m1/s1. The highest BCUT2D eigenvalue weighted by atomic mass is 16.4. The number of nitrogens with one attached hydrogen (secondary N) is 2. The minimum Gasteiger partial charge on any atom is -0.544 e. The minimum atomic E-state index is -1.15. The smallest absolute Gasteiger partial charge is 0.230 e. The summed E-state index contributed by atoms with van der Waals surface area (Å²) >= 11 is 0. The van der Waals surface area contributed by atoms with Crippen molar-refractivity contribution in [2.45, 2.75) is 26.3 Å². The third kappa shape index (κ3) is 4.54. The van der Waals surface area contributed by atoms with Gasteiger partial charge in [0.1, 0.15) is 32.2 Å². The number of carboxylic acids is 1. The van der Waals surface area contributed by atoms with Crippen molar-refractivity contribution in [2.75, 3.05) is 31.5 Å². The van der Waals surface area contributed by atoms with E-state index in [-0.39, 0.29) is 12.3 Å². The third-order valence-corrected chi connectivity index (χ3v) is 4.01. The molecular formula is C16H24N3O3+. The van der Waals surface area contributed by atoms with Gasteiger partial charge in [-0.3, -0.25) is 4.79 Å². The number of carboxylic acid groups (broad SMARTS) is 1. The lowest BCUT2D eigenvalue weighted by Gasteiger charge is -2.30. The van der Waals surface area contributed by atoms with Gasteiger partial charge in [-0.25, -0.2) is 0 Å². The lowest BCUT2D eigenvalue weighted by molar-refractivity contribution is -0.961. The first-order valence-electron chi connectivity index (χ1n) is 7.71. The molecule has 1 heterocycles. The van der Waals surface area contributed by atoms with Gasteiger partial charge in [-0.15, -0.1) is 0 Å². The highest BCUT2D eigenvalue weighted by Gasteiger charge is 2.29. The quantitative estimate of drug-likeness (QED) is 0.549. The second-order valence-corrected chi connectivity index (χ2v) is 6.02. The molecule has 0 bridgehead atoms. The molecule has 1 saturated heterocycles. The van der Waals surface area contributed by atoms with E-state index in [4.69, 9.17) is 0 Å². The fourth-order valence-corrected chi connectivity index (χ4v) is 3.03. The van der Waals surface area contributed by atoms with Gasteiger partial charge in [0.2, 0.25) is 5.91 Å². The molecule has 120 valence electrons. The Balaban J connectivity index is 2.00. The highest BCUT2D eigenvalue weighted by Crippen LogP contribution is 2.14. The average molecular weight is 306 g/mol. The minimum absolute atomic E-state index is 0.0509. The molecule has 6 heteroatoms. The van der Waals surface area contributed by atoms with E-state index in [9.17, 15) is 14.7 Å². The Labute approximate surface area is 130 Å². The number of anilines is 1. The second-order valence-electron chi connectivity index (χ2n) is 6.02. The number of hydrogen-bond acceptors (Lipinski definition) is 3. The van der Waals surface area contributed by atoms with Crippen molar-refractivity contribution in [1.82, 2.24) is 0 Å². The largest absolute Gasteiger partial charge is 0.544 e. The van der Waals surface area contributed by atoms with Gasteiger partial charge in [-0.1, -0.05) is 6.07 Å². The van der Waals surface area contributed by atoms with Crippen LogP contribution < -0.4 is 20.6 Å². The van der Waals surface area contributed by atoms with E-state index >= 15 is 0 Å². The van der Waals surface area contributed by atoms with Gasteiger partial charge in [-0.2, -0.15) is 0 Å². The topological polar surface area (TPSA) is 90.3 Å². The second kappa shape index (κ2) is 7.38. The third-order valence-electron chi connectivity index (χ3n) is 4.01. The Bertz CT molecular complexity index is 533. The number of nitrogens with two attached hydrogens (primary N) is 1. The first-order chi connectivity index (χ1) is 10.5. The Hall–Kier alpha value is -1.92. The molecule has 22 heavy (non-hydrogen) atoms. The molecule has 1 aromatic carbocycles. The fourth-order valence-electron chi connectivity index (χ4n) is 3.03. The van der Waals surface area contributed by atoms with E-state index in [0.29, 0.717) is 5.69 Å². The van der Waals surface area contributed by atoms with Crippen LogP contribution in [0, 0.1) is 13.8 Å². The van der Waals surface area contributed by atoms with Crippen molar-refractivity contribution in [3.8, 4) is 0 Å². The monoisotopic (exact) mass is 306 g/mol. The van der Waals surface area contributed by atoms with Crippen LogP contribution in [-0.2, 0) is 9.59 Å². The number of rotatable bonds is 5. The van der Waals surface area contributed by atoms with Crippen LogP contribution in [0.3, 0.4) is 0 Å². The summed E-state index contributed by atoms with van der Waals surface area (Å²) in [5, 5.41) is 16.3. The van der Waals surface area contributed by atoms with Crippen molar-refractivity contribution in [3.63, 3.8) is 0 Å². The number of amides is 1. The predicted molar refractivity (Wildman–Crippen MR) is 80.3 cm³/mol. The molecule has 6 nitrogen and oxygen atoms in total. The Kier molecular flexibility index (Phi) is 5.51. The molecule has 0 unspecified atom stereocenters. The average Bonchev–Trinajstić information content (AvgIpc) is 2.44. The van der Waals surface area contributed by atoms with Crippen LogP contribution in [0.25, 0.3) is 0 Å². The van der Waals surface area contributed by atoms with E-state index in [0.717, 1.165) is 42.2 Å². The van der Waals surface area contributed by atoms with E-state index in [1.165, 1.54) is 0 Å². The van der Waals surface area contributed by atoms with Gasteiger partial charge in [-0.05, 0) is 37.1 Å². The lowest BCUT2D eigenvalue weighted by Crippen LogP contribution is -3.24. The van der Waals surface area contributed by atoms with Gasteiger partial charge < -0.3 is 25.4 Å². The normalized spacial score (nSPS) is 17.0. The molecule has 0 aromatic heterocycles. The van der Waals surface area contributed by atoms with Crippen LogP contribution in [0.5, 0.6) is 0 Å². The summed E-state index contributed by atoms with van der Waals surface area (Å²) < 4.78 is 0. The zero-order valence-corrected chi connectivity index (χ0v) is 13.1. The van der Waals surface area contributed by atoms with Crippen LogP contribution in [-0.4, -0.2) is 44.1 Å². The van der Waals surface area contributed by atoms with E-state index < -0.39 is 12.0 Å². The first kappa shape index (κ1) is 16.5. The summed E-state index contributed by atoms with van der Waals surface area (Å²) in [7, 11) is 0. The summed E-state index contributed by atoms with van der Waals surface area (Å²) in [5.74, 6) is -1.42. The molecule has 1 atom stereocenters. The number of aryl methyl sites for hydroxylation is 2. The highest BCUT2D eigenvalue weighted by molar-refractivity contribution is 5.93. The molecule has 1 aliphatic heterocycles. The maximum atomic E-state index is 12.2. The van der Waals surface area contributed by atoms with Gasteiger partial charge in [0.15, 0.2) is 0 Å². The number of aliphatic carboxylic acids is 1. The molecule has 1 fully saturated rings. The number of hydrogen-bond donors (Lipinski definition) is 3. The van der Waals surface area contributed by atoms with E-state index in [1.54, 1.807) is 0 Å². The van der Waals surface area contributed by atoms with Gasteiger partial charge in [0.25, 0.3) is 0 Å². The molecule has 1 amide bonds. The number of quaternary nitrogens is 2. The van der Waals surface area contributed by atoms with Gasteiger partial charge in [0, 0.05) is 5.69 Å². The molecule has 1 aliphatic rings. The lowest BCUT2D eigenvalue weighted by atomic mass is 10.1. The summed E-state index contributed by atoms with van der Waals surface area (Å²) in [6.45, 7) is 7.18. The number of carbonyl (C=O) groups is 2. The van der Waals surface area contributed by atoms with E-state index in [1.807, 2.05) is 32.0 Å². The Morgan fingerprint density at radius 3 is 2.36 bits per heavy atom. The molecular weight excluding hydrogens is 282 g/mol. The number of carbonyl (C=O) groups excluding carboxylic acids is 2. The zero-order valence-electron chi connectivity index (χ0n) is 13.1. The summed E-state index contributed by atoms with van der Waals surface area (Å²) in [4.78, 5) is 24.5. The van der Waals surface area contributed by atoms with Gasteiger partial charge >= 0.3 is 0 Å². The van der Waals surface area contributed by atoms with Crippen molar-refractivity contribution in [3.05, 3.63) is 29.3 Å². The molecule has 1 aromatic rings. The van der Waals surface area contributed by atoms with Crippen molar-refractivity contribution < 1.29 is 24.9 Å². The van der Waals surface area contributed by atoms with Crippen LogP contribution in [0.15, 0.2) is 18.2 Å². The van der Waals surface area contributed by atoms with Crippen LogP contribution in [0.1, 0.15) is 17.5 Å². The molecule has 0 spiro atoms. The zero-order chi connectivity index (χ0) is 16.1. The van der Waals surface area contributed by atoms with Crippen LogP contribution >= 0.6 is 0 Å². The van der Waals surface area contributed by atoms with Crippen molar-refractivity contribution >= 4 is 17.6 Å². The maximum absolute atomic E-state index is 12.2. The Morgan fingerprint density at radius 1 is 1.23 bits per heavy atom. The summed E-state index contributed by atoms with van der Waals surface area (Å²) in [6, 6.07) is 5.00. The SMILES string of the molecule is Cc1cc(C)cc(NC(=O)C[C@H](C(=O)[O-])[NH+]2CC[NH2+]CC2)c1. The molecule has 4 N–H and O–H groups in total. The van der Waals surface area contributed by atoms with Gasteiger partial charge in [0.05, 0.1) is 12.4 Å². The summed E-state index contributed by atoms with van der Waals surface area (Å²) in [5.41, 5.74) is 2.83. The first-order valence-corrected chi connectivity index (χ1v) is 7.71. The van der Waals surface area contributed by atoms with Crippen LogP contribution in [0.2, 0.25) is 0 Å². The molecule has 0 aliphatic carbocycles.